The van der Waals surface area contributed by atoms with E-state index in [1.54, 1.807) is 37.6 Å². The van der Waals surface area contributed by atoms with Gasteiger partial charge >= 0.3 is 5.97 Å². The largest absolute Gasteiger partial charge is 0.497 e. The summed E-state index contributed by atoms with van der Waals surface area (Å²) in [7, 11) is 2.89. The Balaban J connectivity index is 1.41. The molecule has 1 heterocycles. The van der Waals surface area contributed by atoms with E-state index in [0.717, 1.165) is 12.3 Å². The van der Waals surface area contributed by atoms with Crippen LogP contribution in [0.3, 0.4) is 0 Å². The van der Waals surface area contributed by atoms with Crippen molar-refractivity contribution >= 4 is 28.9 Å². The molecule has 0 aliphatic heterocycles. The Morgan fingerprint density at radius 2 is 1.94 bits per heavy atom. The van der Waals surface area contributed by atoms with E-state index in [1.165, 1.54) is 39.2 Å². The first-order valence-electron chi connectivity index (χ1n) is 11.3. The molecular formula is C26H29ClN2O4. The number of esters is 1. The smallest absolute Gasteiger partial charge is 0.340 e. The zero-order valence-corrected chi connectivity index (χ0v) is 19.7. The maximum Gasteiger partial charge on any atom is 0.340 e. The molecule has 1 fully saturated rings. The monoisotopic (exact) mass is 468 g/mol. The first kappa shape index (κ1) is 23.2. The molecule has 1 unspecified atom stereocenters. The van der Waals surface area contributed by atoms with E-state index in [0.29, 0.717) is 45.3 Å². The van der Waals surface area contributed by atoms with Crippen LogP contribution in [0.4, 0.5) is 11.4 Å². The predicted molar refractivity (Wildman–Crippen MR) is 129 cm³/mol. The number of nitrogens with one attached hydrogen (secondary N) is 1. The number of halogens is 1. The van der Waals surface area contributed by atoms with Gasteiger partial charge in [-0.3, -0.25) is 0 Å². The number of hydrogen-bond donors (Lipinski definition) is 1. The van der Waals surface area contributed by atoms with E-state index in [2.05, 4.69) is 22.5 Å². The number of anilines is 2. The van der Waals surface area contributed by atoms with Gasteiger partial charge in [-0.15, -0.1) is 0 Å². The third-order valence-electron chi connectivity index (χ3n) is 6.29. The molecule has 0 amide bonds. The maximum atomic E-state index is 12.1. The fourth-order valence-corrected chi connectivity index (χ4v) is 4.76. The number of aromatic nitrogens is 1. The van der Waals surface area contributed by atoms with Gasteiger partial charge in [0.2, 0.25) is 5.88 Å². The molecule has 2 aromatic rings. The summed E-state index contributed by atoms with van der Waals surface area (Å²) in [6.07, 6.45) is 13.4. The van der Waals surface area contributed by atoms with Crippen LogP contribution in [0.15, 0.2) is 59.5 Å². The van der Waals surface area contributed by atoms with E-state index >= 15 is 0 Å². The third-order valence-corrected chi connectivity index (χ3v) is 6.60. The van der Waals surface area contributed by atoms with Crippen LogP contribution in [0, 0.1) is 11.8 Å². The number of carbonyl (C=O) groups is 1. The second kappa shape index (κ2) is 10.8. The summed E-state index contributed by atoms with van der Waals surface area (Å²) >= 11 is 6.54. The lowest BCUT2D eigenvalue weighted by atomic mass is 9.77. The quantitative estimate of drug-likeness (QED) is 0.461. The van der Waals surface area contributed by atoms with E-state index in [1.807, 2.05) is 6.07 Å². The van der Waals surface area contributed by atoms with Gasteiger partial charge in [0.05, 0.1) is 42.4 Å². The number of pyridine rings is 1. The molecule has 0 bridgehead atoms. The molecule has 0 saturated heterocycles. The van der Waals surface area contributed by atoms with Crippen molar-refractivity contribution in [1.82, 2.24) is 4.98 Å². The molecule has 2 aliphatic rings. The van der Waals surface area contributed by atoms with Crippen LogP contribution < -0.4 is 14.8 Å². The van der Waals surface area contributed by atoms with Crippen LogP contribution >= 0.6 is 11.6 Å². The highest BCUT2D eigenvalue weighted by molar-refractivity contribution is 6.31. The molecule has 174 valence electrons. The summed E-state index contributed by atoms with van der Waals surface area (Å²) in [5.74, 6) is 2.44. The highest BCUT2D eigenvalue weighted by atomic mass is 35.5. The molecular weight excluding hydrogens is 440 g/mol. The molecule has 0 radical (unpaired) electrons. The fourth-order valence-electron chi connectivity index (χ4n) is 4.48. The molecule has 1 N–H and O–H groups in total. The lowest BCUT2D eigenvalue weighted by Gasteiger charge is -2.30. The molecule has 7 heteroatoms. The van der Waals surface area contributed by atoms with Gasteiger partial charge in [-0.25, -0.2) is 9.78 Å². The van der Waals surface area contributed by atoms with Crippen LogP contribution in [0.1, 0.15) is 48.9 Å². The molecule has 4 rings (SSSR count). The SMILES string of the molecule is COC(=O)c1cc(OC)ccc1Nc1ccc(OC2=CCC(C3CCCCC3)C=C2Cl)nc1. The molecule has 33 heavy (non-hydrogen) atoms. The molecule has 0 spiro atoms. The molecule has 1 saturated carbocycles. The van der Waals surface area contributed by atoms with E-state index in [-0.39, 0.29) is 0 Å². The second-order valence-corrected chi connectivity index (χ2v) is 8.80. The predicted octanol–water partition coefficient (Wildman–Crippen LogP) is 6.61. The summed E-state index contributed by atoms with van der Waals surface area (Å²) < 4.78 is 16.0. The van der Waals surface area contributed by atoms with Gasteiger partial charge in [-0.05, 0) is 61.4 Å². The summed E-state index contributed by atoms with van der Waals surface area (Å²) in [6.45, 7) is 0. The summed E-state index contributed by atoms with van der Waals surface area (Å²) in [5, 5.41) is 3.85. The number of methoxy groups -OCH3 is 2. The highest BCUT2D eigenvalue weighted by Crippen LogP contribution is 2.38. The molecule has 2 aliphatic carbocycles. The average molecular weight is 469 g/mol. The summed E-state index contributed by atoms with van der Waals surface area (Å²) in [5.41, 5.74) is 1.66. The van der Waals surface area contributed by atoms with E-state index in [9.17, 15) is 4.79 Å². The van der Waals surface area contributed by atoms with Gasteiger partial charge < -0.3 is 19.5 Å². The van der Waals surface area contributed by atoms with Crippen LogP contribution in [-0.4, -0.2) is 25.2 Å². The number of allylic oxidation sites excluding steroid dienone is 3. The van der Waals surface area contributed by atoms with Crippen molar-refractivity contribution in [2.24, 2.45) is 11.8 Å². The number of ether oxygens (including phenoxy) is 3. The van der Waals surface area contributed by atoms with Crippen molar-refractivity contribution in [1.29, 1.82) is 0 Å². The minimum absolute atomic E-state index is 0.369. The zero-order valence-electron chi connectivity index (χ0n) is 19.0. The highest BCUT2D eigenvalue weighted by Gasteiger charge is 2.25. The van der Waals surface area contributed by atoms with Gasteiger partial charge in [0.1, 0.15) is 11.5 Å². The van der Waals surface area contributed by atoms with Crippen LogP contribution in [0.2, 0.25) is 0 Å². The first-order chi connectivity index (χ1) is 16.1. The second-order valence-electron chi connectivity index (χ2n) is 8.40. The van der Waals surface area contributed by atoms with Crippen LogP contribution in [0.25, 0.3) is 0 Å². The maximum absolute atomic E-state index is 12.1. The Morgan fingerprint density at radius 3 is 2.61 bits per heavy atom. The van der Waals surface area contributed by atoms with Crippen molar-refractivity contribution in [3.63, 3.8) is 0 Å². The summed E-state index contributed by atoms with van der Waals surface area (Å²) in [4.78, 5) is 16.5. The minimum atomic E-state index is -0.457. The van der Waals surface area contributed by atoms with Crippen molar-refractivity contribution < 1.29 is 19.0 Å². The number of nitrogens with zero attached hydrogens (tertiary/aromatic N) is 1. The average Bonchev–Trinajstić information content (AvgIpc) is 2.86. The molecule has 1 aromatic heterocycles. The first-order valence-corrected chi connectivity index (χ1v) is 11.7. The molecule has 6 nitrogen and oxygen atoms in total. The fraction of sp³-hybridized carbons (Fsp3) is 0.385. The van der Waals surface area contributed by atoms with Gasteiger partial charge in [-0.1, -0.05) is 36.9 Å². The minimum Gasteiger partial charge on any atom is -0.497 e. The topological polar surface area (TPSA) is 69.7 Å². The Bertz CT molecular complexity index is 1040. The lowest BCUT2D eigenvalue weighted by molar-refractivity contribution is 0.0601. The van der Waals surface area contributed by atoms with Gasteiger partial charge in [0, 0.05) is 6.07 Å². The zero-order chi connectivity index (χ0) is 23.2. The lowest BCUT2D eigenvalue weighted by Crippen LogP contribution is -2.18. The van der Waals surface area contributed by atoms with Gasteiger partial charge in [0.15, 0.2) is 0 Å². The van der Waals surface area contributed by atoms with Gasteiger partial charge in [0.25, 0.3) is 0 Å². The van der Waals surface area contributed by atoms with Gasteiger partial charge in [-0.2, -0.15) is 0 Å². The summed E-state index contributed by atoms with van der Waals surface area (Å²) in [6, 6.07) is 8.75. The van der Waals surface area contributed by atoms with Crippen LogP contribution in [0.5, 0.6) is 11.6 Å². The Labute approximate surface area is 199 Å². The Hall–Kier alpha value is -2.99. The van der Waals surface area contributed by atoms with Crippen LogP contribution in [-0.2, 0) is 4.74 Å². The normalized spacial score (nSPS) is 18.7. The Morgan fingerprint density at radius 1 is 1.12 bits per heavy atom. The van der Waals surface area contributed by atoms with E-state index < -0.39 is 5.97 Å². The van der Waals surface area contributed by atoms with Crippen molar-refractivity contribution in [2.45, 2.75) is 38.5 Å². The molecule has 1 aromatic carbocycles. The molecule has 1 atom stereocenters. The third kappa shape index (κ3) is 5.69. The Kier molecular flexibility index (Phi) is 7.55. The van der Waals surface area contributed by atoms with Crippen molar-refractivity contribution in [2.75, 3.05) is 19.5 Å². The number of benzene rings is 1. The standard InChI is InChI=1S/C26H29ClN2O4/c1-31-20-10-11-23(21(15-20)26(30)32-2)29-19-9-13-25(28-16-19)33-24-12-8-18(14-22(24)27)17-6-4-3-5-7-17/h9-18,29H,3-8H2,1-2H3. The number of carbonyl (C=O) groups excluding carboxylic acids is 1. The number of rotatable bonds is 7. The van der Waals surface area contributed by atoms with Crippen molar-refractivity contribution in [3.8, 4) is 11.6 Å². The van der Waals surface area contributed by atoms with E-state index in [4.69, 9.17) is 25.8 Å². The number of hydrogen-bond acceptors (Lipinski definition) is 6. The van der Waals surface area contributed by atoms with Crippen molar-refractivity contribution in [3.05, 3.63) is 65.0 Å².